The first-order chi connectivity index (χ1) is 14.2. The summed E-state index contributed by atoms with van der Waals surface area (Å²) in [4.78, 5) is 15.9. The Balaban J connectivity index is 1.60. The van der Waals surface area contributed by atoms with Crippen LogP contribution in [0.2, 0.25) is 5.02 Å². The second-order valence-corrected chi connectivity index (χ2v) is 9.93. The van der Waals surface area contributed by atoms with Crippen molar-refractivity contribution in [3.63, 3.8) is 0 Å². The quantitative estimate of drug-likeness (QED) is 0.471. The predicted octanol–water partition coefficient (Wildman–Crippen LogP) is 4.69. The van der Waals surface area contributed by atoms with Gasteiger partial charge in [0.25, 0.3) is 0 Å². The van der Waals surface area contributed by atoms with Crippen LogP contribution in [0.25, 0.3) is 10.6 Å². The molecule has 3 rings (SSSR count). The minimum Gasteiger partial charge on any atom is -0.478 e. The number of benzene rings is 2. The molecule has 0 aliphatic heterocycles. The molecule has 0 aliphatic carbocycles. The van der Waals surface area contributed by atoms with Crippen LogP contribution in [0.1, 0.15) is 33.6 Å². The van der Waals surface area contributed by atoms with E-state index in [-0.39, 0.29) is 17.0 Å². The number of carboxylic acid groups (broad SMARTS) is 1. The molecule has 2 N–H and O–H groups in total. The van der Waals surface area contributed by atoms with Crippen LogP contribution >= 0.6 is 22.9 Å². The number of carboxylic acids is 1. The van der Waals surface area contributed by atoms with E-state index >= 15 is 0 Å². The zero-order valence-corrected chi connectivity index (χ0v) is 18.9. The fourth-order valence-electron chi connectivity index (χ4n) is 2.91. The van der Waals surface area contributed by atoms with Crippen molar-refractivity contribution < 1.29 is 18.3 Å². The van der Waals surface area contributed by atoms with Gasteiger partial charge in [-0.1, -0.05) is 23.7 Å². The minimum atomic E-state index is -3.80. The molecule has 2 aromatic carbocycles. The molecule has 0 bridgehead atoms. The van der Waals surface area contributed by atoms with E-state index in [0.29, 0.717) is 29.0 Å². The summed E-state index contributed by atoms with van der Waals surface area (Å²) in [5, 5.41) is 12.8. The number of halogens is 1. The van der Waals surface area contributed by atoms with E-state index in [4.69, 9.17) is 11.6 Å². The van der Waals surface area contributed by atoms with Gasteiger partial charge in [0.2, 0.25) is 10.0 Å². The molecule has 6 nitrogen and oxygen atoms in total. The van der Waals surface area contributed by atoms with Gasteiger partial charge in [0.15, 0.2) is 0 Å². The standard InChI is InChI=1S/C21H21ClN2O4S2/c1-13-10-18(11-19(14(13)2)21(25)26)30(27,28)23-9-3-4-17-12-29-20(24-17)15-5-7-16(22)8-6-15/h5-8,10-12,23H,3-4,9H2,1-2H3,(H,25,26). The van der Waals surface area contributed by atoms with Crippen LogP contribution in [0.15, 0.2) is 46.7 Å². The number of rotatable bonds is 8. The number of hydrogen-bond acceptors (Lipinski definition) is 5. The van der Waals surface area contributed by atoms with Crippen LogP contribution in [0.5, 0.6) is 0 Å². The smallest absolute Gasteiger partial charge is 0.336 e. The van der Waals surface area contributed by atoms with Crippen LogP contribution in [0.3, 0.4) is 0 Å². The van der Waals surface area contributed by atoms with Crippen LogP contribution in [0.4, 0.5) is 0 Å². The van der Waals surface area contributed by atoms with Crippen molar-refractivity contribution in [2.24, 2.45) is 0 Å². The van der Waals surface area contributed by atoms with Crippen LogP contribution in [0, 0.1) is 13.8 Å². The number of nitrogens with zero attached hydrogens (tertiary/aromatic N) is 1. The predicted molar refractivity (Wildman–Crippen MR) is 119 cm³/mol. The number of sulfonamides is 1. The van der Waals surface area contributed by atoms with Gasteiger partial charge in [-0.05, 0) is 62.1 Å². The number of hydrogen-bond donors (Lipinski definition) is 2. The summed E-state index contributed by atoms with van der Waals surface area (Å²) in [6.45, 7) is 3.58. The van der Waals surface area contributed by atoms with Gasteiger partial charge in [-0.25, -0.2) is 22.9 Å². The van der Waals surface area contributed by atoms with E-state index < -0.39 is 16.0 Å². The Labute approximate surface area is 184 Å². The molecule has 0 saturated carbocycles. The number of thiazole rings is 1. The molecule has 0 radical (unpaired) electrons. The van der Waals surface area contributed by atoms with Gasteiger partial charge in [0.05, 0.1) is 16.2 Å². The number of carbonyl (C=O) groups is 1. The normalized spacial score (nSPS) is 11.6. The minimum absolute atomic E-state index is 0.00687. The summed E-state index contributed by atoms with van der Waals surface area (Å²) < 4.78 is 27.7. The van der Waals surface area contributed by atoms with Crippen molar-refractivity contribution in [3.8, 4) is 10.6 Å². The van der Waals surface area contributed by atoms with Gasteiger partial charge in [-0.15, -0.1) is 11.3 Å². The molecule has 30 heavy (non-hydrogen) atoms. The monoisotopic (exact) mass is 464 g/mol. The summed E-state index contributed by atoms with van der Waals surface area (Å²) in [5.74, 6) is -1.15. The Morgan fingerprint density at radius 3 is 2.57 bits per heavy atom. The maximum atomic E-state index is 12.6. The average Bonchev–Trinajstić information content (AvgIpc) is 3.16. The fraction of sp³-hybridized carbons (Fsp3) is 0.238. The molecule has 1 aromatic heterocycles. The summed E-state index contributed by atoms with van der Waals surface area (Å²) in [5.41, 5.74) is 3.05. The zero-order chi connectivity index (χ0) is 21.9. The van der Waals surface area contributed by atoms with E-state index in [1.54, 1.807) is 13.8 Å². The first-order valence-corrected chi connectivity index (χ1v) is 12.0. The van der Waals surface area contributed by atoms with Gasteiger partial charge in [-0.3, -0.25) is 0 Å². The lowest BCUT2D eigenvalue weighted by molar-refractivity contribution is 0.0695. The number of aryl methyl sites for hydroxylation is 2. The second-order valence-electron chi connectivity index (χ2n) is 6.87. The van der Waals surface area contributed by atoms with Gasteiger partial charge < -0.3 is 5.11 Å². The third-order valence-corrected chi connectivity index (χ3v) is 7.36. The summed E-state index contributed by atoms with van der Waals surface area (Å²) in [7, 11) is -3.80. The molecule has 3 aromatic rings. The van der Waals surface area contributed by atoms with Gasteiger partial charge in [0, 0.05) is 22.5 Å². The van der Waals surface area contributed by atoms with Gasteiger partial charge in [-0.2, -0.15) is 0 Å². The Morgan fingerprint density at radius 1 is 1.20 bits per heavy atom. The van der Waals surface area contributed by atoms with Crippen LogP contribution in [-0.2, 0) is 16.4 Å². The molecule has 0 fully saturated rings. The molecule has 0 aliphatic rings. The maximum Gasteiger partial charge on any atom is 0.336 e. The molecule has 0 saturated heterocycles. The Bertz CT molecular complexity index is 1170. The van der Waals surface area contributed by atoms with Crippen molar-refractivity contribution in [2.45, 2.75) is 31.6 Å². The molecule has 0 spiro atoms. The lowest BCUT2D eigenvalue weighted by Crippen LogP contribution is -2.25. The molecule has 1 heterocycles. The molecular weight excluding hydrogens is 444 g/mol. The zero-order valence-electron chi connectivity index (χ0n) is 16.5. The SMILES string of the molecule is Cc1cc(S(=O)(=O)NCCCc2csc(-c3ccc(Cl)cc3)n2)cc(C(=O)O)c1C. The van der Waals surface area contributed by atoms with Gasteiger partial charge in [0.1, 0.15) is 5.01 Å². The molecule has 158 valence electrons. The van der Waals surface area contributed by atoms with Crippen molar-refractivity contribution in [1.82, 2.24) is 9.71 Å². The van der Waals surface area contributed by atoms with Crippen LogP contribution < -0.4 is 4.72 Å². The molecule has 9 heteroatoms. The molecule has 0 amide bonds. The first-order valence-electron chi connectivity index (χ1n) is 9.22. The van der Waals surface area contributed by atoms with E-state index in [9.17, 15) is 18.3 Å². The first kappa shape index (κ1) is 22.4. The fourth-order valence-corrected chi connectivity index (χ4v) is 5.08. The lowest BCUT2D eigenvalue weighted by atomic mass is 10.0. The van der Waals surface area contributed by atoms with Crippen molar-refractivity contribution in [2.75, 3.05) is 6.54 Å². The average molecular weight is 465 g/mol. The third kappa shape index (κ3) is 5.26. The maximum absolute atomic E-state index is 12.6. The van der Waals surface area contributed by atoms with E-state index in [0.717, 1.165) is 16.3 Å². The molecule has 0 unspecified atom stereocenters. The highest BCUT2D eigenvalue weighted by Crippen LogP contribution is 2.25. The highest BCUT2D eigenvalue weighted by Gasteiger charge is 2.19. The highest BCUT2D eigenvalue weighted by atomic mass is 35.5. The number of nitrogens with one attached hydrogen (secondary N) is 1. The summed E-state index contributed by atoms with van der Waals surface area (Å²) in [6, 6.07) is 10.1. The van der Waals surface area contributed by atoms with E-state index in [1.165, 1.54) is 23.5 Å². The third-order valence-electron chi connectivity index (χ3n) is 4.73. The largest absolute Gasteiger partial charge is 0.478 e. The number of aromatic carboxylic acids is 1. The second kappa shape index (κ2) is 9.26. The molecule has 0 atom stereocenters. The van der Waals surface area contributed by atoms with Crippen LogP contribution in [-0.4, -0.2) is 31.0 Å². The summed E-state index contributed by atoms with van der Waals surface area (Å²) >= 11 is 7.44. The van der Waals surface area contributed by atoms with E-state index in [2.05, 4.69) is 9.71 Å². The Hall–Kier alpha value is -2.26. The Kier molecular flexibility index (Phi) is 6.92. The number of aromatic nitrogens is 1. The van der Waals surface area contributed by atoms with Crippen molar-refractivity contribution in [3.05, 3.63) is 69.2 Å². The highest BCUT2D eigenvalue weighted by molar-refractivity contribution is 7.89. The lowest BCUT2D eigenvalue weighted by Gasteiger charge is -2.11. The Morgan fingerprint density at radius 2 is 1.90 bits per heavy atom. The van der Waals surface area contributed by atoms with Crippen molar-refractivity contribution in [1.29, 1.82) is 0 Å². The summed E-state index contributed by atoms with van der Waals surface area (Å²) in [6.07, 6.45) is 1.19. The van der Waals surface area contributed by atoms with Gasteiger partial charge >= 0.3 is 5.97 Å². The molecular formula is C21H21ClN2O4S2. The topological polar surface area (TPSA) is 96.4 Å². The van der Waals surface area contributed by atoms with E-state index in [1.807, 2.05) is 29.6 Å². The van der Waals surface area contributed by atoms with Crippen molar-refractivity contribution >= 4 is 38.9 Å².